The Kier molecular flexibility index (Phi) is 7.40. The van der Waals surface area contributed by atoms with E-state index in [0.29, 0.717) is 29.0 Å². The molecule has 1 heterocycles. The lowest BCUT2D eigenvalue weighted by atomic mass is 10.0. The summed E-state index contributed by atoms with van der Waals surface area (Å²) >= 11 is 0. The van der Waals surface area contributed by atoms with Gasteiger partial charge in [0.25, 0.3) is 0 Å². The van der Waals surface area contributed by atoms with E-state index in [0.717, 1.165) is 0 Å². The normalized spacial score (nSPS) is 12.7. The Bertz CT molecular complexity index is 1080. The summed E-state index contributed by atoms with van der Waals surface area (Å²) in [4.78, 5) is 26.0. The van der Waals surface area contributed by atoms with Crippen molar-refractivity contribution in [2.24, 2.45) is 0 Å². The SMILES string of the molecule is C=CCC[C@H](O)[C@@H](C(=O)OCC=C)n1c(-c2ccccc2)c(-c2ccccc2)oc1=O. The first-order chi connectivity index (χ1) is 15.1. The number of nitrogens with zero attached hydrogens (tertiary/aromatic N) is 1. The van der Waals surface area contributed by atoms with E-state index in [1.54, 1.807) is 6.08 Å². The Morgan fingerprint density at radius 2 is 1.65 bits per heavy atom. The molecule has 0 spiro atoms. The molecule has 0 saturated carbocycles. The molecule has 0 amide bonds. The number of aliphatic hydroxyl groups is 1. The Hall–Kier alpha value is -3.64. The monoisotopic (exact) mass is 419 g/mol. The van der Waals surface area contributed by atoms with Crippen LogP contribution in [0.2, 0.25) is 0 Å². The highest BCUT2D eigenvalue weighted by molar-refractivity contribution is 5.81. The molecule has 1 N–H and O–H groups in total. The number of carbonyl (C=O) groups is 1. The molecule has 2 aromatic carbocycles. The summed E-state index contributed by atoms with van der Waals surface area (Å²) in [6.07, 6.45) is 2.57. The summed E-state index contributed by atoms with van der Waals surface area (Å²) in [5.74, 6) is -1.18. The first-order valence-electron chi connectivity index (χ1n) is 10.0. The van der Waals surface area contributed by atoms with E-state index >= 15 is 0 Å². The minimum Gasteiger partial charge on any atom is -0.460 e. The topological polar surface area (TPSA) is 81.7 Å². The lowest BCUT2D eigenvalue weighted by molar-refractivity contribution is -0.150. The number of aromatic nitrogens is 1. The smallest absolute Gasteiger partial charge is 0.420 e. The molecule has 3 aromatic rings. The quantitative estimate of drug-likeness (QED) is 0.390. The lowest BCUT2D eigenvalue weighted by Crippen LogP contribution is -2.37. The van der Waals surface area contributed by atoms with Crippen LogP contribution in [-0.4, -0.2) is 28.4 Å². The van der Waals surface area contributed by atoms with Gasteiger partial charge < -0.3 is 14.3 Å². The maximum Gasteiger partial charge on any atom is 0.420 e. The van der Waals surface area contributed by atoms with Crippen molar-refractivity contribution in [3.63, 3.8) is 0 Å². The van der Waals surface area contributed by atoms with Crippen molar-refractivity contribution in [2.75, 3.05) is 6.61 Å². The molecule has 1 aromatic heterocycles. The van der Waals surface area contributed by atoms with Crippen molar-refractivity contribution < 1.29 is 19.1 Å². The number of aliphatic hydroxyl groups excluding tert-OH is 1. The number of hydrogen-bond donors (Lipinski definition) is 1. The number of allylic oxidation sites excluding steroid dienone is 1. The number of carbonyl (C=O) groups excluding carboxylic acids is 1. The van der Waals surface area contributed by atoms with Gasteiger partial charge in [-0.1, -0.05) is 79.4 Å². The Labute approximate surface area is 180 Å². The fraction of sp³-hybridized carbons (Fsp3) is 0.200. The molecule has 6 nitrogen and oxygen atoms in total. The van der Waals surface area contributed by atoms with Crippen molar-refractivity contribution >= 4 is 5.97 Å². The third-order valence-corrected chi connectivity index (χ3v) is 4.82. The molecular formula is C25H25NO5. The summed E-state index contributed by atoms with van der Waals surface area (Å²) < 4.78 is 12.0. The Morgan fingerprint density at radius 1 is 1.03 bits per heavy atom. The van der Waals surface area contributed by atoms with E-state index in [1.165, 1.54) is 10.6 Å². The van der Waals surface area contributed by atoms with E-state index in [2.05, 4.69) is 13.2 Å². The molecular weight excluding hydrogens is 394 g/mol. The van der Waals surface area contributed by atoms with Crippen LogP contribution in [0.4, 0.5) is 0 Å². The number of rotatable bonds is 10. The summed E-state index contributed by atoms with van der Waals surface area (Å²) in [7, 11) is 0. The van der Waals surface area contributed by atoms with Crippen LogP contribution in [-0.2, 0) is 9.53 Å². The van der Waals surface area contributed by atoms with Crippen molar-refractivity contribution in [3.8, 4) is 22.6 Å². The van der Waals surface area contributed by atoms with E-state index in [1.807, 2.05) is 60.7 Å². The first-order valence-corrected chi connectivity index (χ1v) is 10.0. The lowest BCUT2D eigenvalue weighted by Gasteiger charge is -2.23. The van der Waals surface area contributed by atoms with Crippen LogP contribution < -0.4 is 5.76 Å². The molecule has 0 aliphatic rings. The molecule has 0 bridgehead atoms. The summed E-state index contributed by atoms with van der Waals surface area (Å²) in [6, 6.07) is 17.0. The number of benzene rings is 2. The van der Waals surface area contributed by atoms with Crippen LogP contribution in [0.1, 0.15) is 18.9 Å². The summed E-state index contributed by atoms with van der Waals surface area (Å²) in [5.41, 5.74) is 1.75. The van der Waals surface area contributed by atoms with E-state index in [4.69, 9.17) is 9.15 Å². The third kappa shape index (κ3) is 4.92. The molecule has 160 valence electrons. The average molecular weight is 419 g/mol. The predicted molar refractivity (Wildman–Crippen MR) is 119 cm³/mol. The largest absolute Gasteiger partial charge is 0.460 e. The highest BCUT2D eigenvalue weighted by atomic mass is 16.5. The molecule has 0 unspecified atom stereocenters. The zero-order valence-corrected chi connectivity index (χ0v) is 17.1. The van der Waals surface area contributed by atoms with Gasteiger partial charge in [-0.3, -0.25) is 4.57 Å². The molecule has 0 saturated heterocycles. The standard InChI is InChI=1S/C25H25NO5/c1-3-5-16-20(27)22(24(28)30-17-4-2)26-21(18-12-8-6-9-13-18)23(31-25(26)29)19-14-10-7-11-15-19/h3-4,6-15,20,22,27H,1-2,5,16-17H2/t20-,22-/m0/s1. The number of ether oxygens (including phenoxy) is 1. The zero-order chi connectivity index (χ0) is 22.2. The van der Waals surface area contributed by atoms with Gasteiger partial charge in [-0.25, -0.2) is 9.59 Å². The molecule has 31 heavy (non-hydrogen) atoms. The van der Waals surface area contributed by atoms with Crippen molar-refractivity contribution in [2.45, 2.75) is 25.0 Å². The number of hydrogen-bond acceptors (Lipinski definition) is 5. The first kappa shape index (κ1) is 22.1. The van der Waals surface area contributed by atoms with Gasteiger partial charge in [-0.15, -0.1) is 6.58 Å². The van der Waals surface area contributed by atoms with E-state index < -0.39 is 23.9 Å². The van der Waals surface area contributed by atoms with Crippen molar-refractivity contribution in [3.05, 3.63) is 96.5 Å². The second kappa shape index (κ2) is 10.4. The van der Waals surface area contributed by atoms with E-state index in [9.17, 15) is 14.7 Å². The van der Waals surface area contributed by atoms with Crippen LogP contribution >= 0.6 is 0 Å². The second-order valence-electron chi connectivity index (χ2n) is 6.94. The fourth-order valence-corrected chi connectivity index (χ4v) is 3.40. The maximum atomic E-state index is 13.0. The minimum absolute atomic E-state index is 0.0394. The van der Waals surface area contributed by atoms with Gasteiger partial charge in [0.1, 0.15) is 6.61 Å². The van der Waals surface area contributed by atoms with Crippen molar-refractivity contribution in [1.29, 1.82) is 0 Å². The summed E-state index contributed by atoms with van der Waals surface area (Å²) in [6.45, 7) is 7.16. The van der Waals surface area contributed by atoms with Crippen LogP contribution in [0.5, 0.6) is 0 Å². The highest BCUT2D eigenvalue weighted by Gasteiger charge is 2.35. The molecule has 6 heteroatoms. The van der Waals surface area contributed by atoms with Gasteiger partial charge in [0.2, 0.25) is 0 Å². The predicted octanol–water partition coefficient (Wildman–Crippen LogP) is 4.37. The van der Waals surface area contributed by atoms with Gasteiger partial charge in [0.15, 0.2) is 11.8 Å². The van der Waals surface area contributed by atoms with Crippen molar-refractivity contribution in [1.82, 2.24) is 4.57 Å². The molecule has 3 rings (SSSR count). The molecule has 0 aliphatic heterocycles. The number of oxazole rings is 1. The summed E-state index contributed by atoms with van der Waals surface area (Å²) in [5, 5.41) is 10.9. The molecule has 2 atom stereocenters. The highest BCUT2D eigenvalue weighted by Crippen LogP contribution is 2.34. The van der Waals surface area contributed by atoms with Gasteiger partial charge in [-0.05, 0) is 12.8 Å². The molecule has 0 fully saturated rings. The molecule has 0 aliphatic carbocycles. The number of esters is 1. The van der Waals surface area contributed by atoms with Crippen LogP contribution in [0.15, 0.2) is 95.2 Å². The van der Waals surface area contributed by atoms with E-state index in [-0.39, 0.29) is 13.0 Å². The Balaban J connectivity index is 2.24. The zero-order valence-electron chi connectivity index (χ0n) is 17.1. The third-order valence-electron chi connectivity index (χ3n) is 4.82. The molecule has 0 radical (unpaired) electrons. The Morgan fingerprint density at radius 3 is 2.23 bits per heavy atom. The van der Waals surface area contributed by atoms with Crippen LogP contribution in [0.3, 0.4) is 0 Å². The van der Waals surface area contributed by atoms with Gasteiger partial charge in [0, 0.05) is 11.1 Å². The maximum absolute atomic E-state index is 13.0. The van der Waals surface area contributed by atoms with Crippen LogP contribution in [0, 0.1) is 0 Å². The average Bonchev–Trinajstić information content (AvgIpc) is 3.14. The van der Waals surface area contributed by atoms with Gasteiger partial charge in [0.05, 0.1) is 11.8 Å². The van der Waals surface area contributed by atoms with Gasteiger partial charge in [-0.2, -0.15) is 0 Å². The second-order valence-corrected chi connectivity index (χ2v) is 6.94. The fourth-order valence-electron chi connectivity index (χ4n) is 3.40. The minimum atomic E-state index is -1.29. The van der Waals surface area contributed by atoms with Crippen LogP contribution in [0.25, 0.3) is 22.6 Å². The van der Waals surface area contributed by atoms with Gasteiger partial charge >= 0.3 is 11.7 Å².